The molecule has 0 bridgehead atoms. The van der Waals surface area contributed by atoms with E-state index in [1.807, 2.05) is 6.07 Å². The molecule has 1 rings (SSSR count). The topological polar surface area (TPSA) is 3.24 Å². The maximum absolute atomic E-state index is 12.0. The van der Waals surface area contributed by atoms with Gasteiger partial charge in [-0.25, -0.2) is 0 Å². The Bertz CT molecular complexity index is 381. The van der Waals surface area contributed by atoms with Crippen molar-refractivity contribution in [3.05, 3.63) is 33.3 Å². The summed E-state index contributed by atoms with van der Waals surface area (Å²) in [5.41, 5.74) is 0.819. The van der Waals surface area contributed by atoms with E-state index in [2.05, 4.69) is 15.9 Å². The number of alkyl halides is 3. The van der Waals surface area contributed by atoms with E-state index in [0.717, 1.165) is 10.0 Å². The fourth-order valence-electron chi connectivity index (χ4n) is 1.34. The first-order chi connectivity index (χ1) is 7.78. The molecule has 1 aromatic carbocycles. The molecule has 0 atom stereocenters. The molecular formula is C11H12BrClF3N. The van der Waals surface area contributed by atoms with Crippen LogP contribution < -0.4 is 0 Å². The molecule has 1 nitrogen and oxygen atoms in total. The van der Waals surface area contributed by atoms with Gasteiger partial charge in [-0.2, -0.15) is 13.2 Å². The van der Waals surface area contributed by atoms with E-state index in [-0.39, 0.29) is 6.54 Å². The molecule has 0 saturated heterocycles. The highest BCUT2D eigenvalue weighted by Gasteiger charge is 2.27. The largest absolute Gasteiger partial charge is 0.390 e. The van der Waals surface area contributed by atoms with E-state index in [4.69, 9.17) is 11.6 Å². The van der Waals surface area contributed by atoms with E-state index in [0.29, 0.717) is 11.6 Å². The molecule has 6 heteroatoms. The van der Waals surface area contributed by atoms with E-state index >= 15 is 0 Å². The number of halogens is 5. The van der Waals surface area contributed by atoms with Crippen molar-refractivity contribution < 1.29 is 13.2 Å². The maximum Gasteiger partial charge on any atom is 0.390 e. The van der Waals surface area contributed by atoms with Crippen LogP contribution in [0.5, 0.6) is 0 Å². The van der Waals surface area contributed by atoms with Crippen molar-refractivity contribution in [2.75, 3.05) is 13.6 Å². The average Bonchev–Trinajstić information content (AvgIpc) is 2.18. The molecule has 0 unspecified atom stereocenters. The van der Waals surface area contributed by atoms with Crippen LogP contribution in [-0.4, -0.2) is 24.7 Å². The normalized spacial score (nSPS) is 12.2. The van der Waals surface area contributed by atoms with E-state index in [1.165, 1.54) is 0 Å². The lowest BCUT2D eigenvalue weighted by Crippen LogP contribution is -2.24. The van der Waals surface area contributed by atoms with Gasteiger partial charge in [0.05, 0.1) is 6.42 Å². The summed E-state index contributed by atoms with van der Waals surface area (Å²) in [5, 5.41) is 0.554. The molecule has 0 radical (unpaired) electrons. The predicted octanol–water partition coefficient (Wildman–Crippen LogP) is 4.49. The standard InChI is InChI=1S/C11H12BrClF3N/c1-17(5-4-11(14,15)16)7-8-2-3-9(12)6-10(8)13/h2-3,6H,4-5,7H2,1H3. The van der Waals surface area contributed by atoms with Crippen molar-refractivity contribution in [2.24, 2.45) is 0 Å². The smallest absolute Gasteiger partial charge is 0.302 e. The second kappa shape index (κ2) is 6.07. The van der Waals surface area contributed by atoms with E-state index in [1.54, 1.807) is 24.1 Å². The molecule has 0 aromatic heterocycles. The van der Waals surface area contributed by atoms with Crippen LogP contribution in [0.25, 0.3) is 0 Å². The molecule has 0 N–H and O–H groups in total. The van der Waals surface area contributed by atoms with Crippen molar-refractivity contribution in [3.8, 4) is 0 Å². The number of benzene rings is 1. The monoisotopic (exact) mass is 329 g/mol. The van der Waals surface area contributed by atoms with Crippen LogP contribution in [0.1, 0.15) is 12.0 Å². The van der Waals surface area contributed by atoms with Gasteiger partial charge in [0.25, 0.3) is 0 Å². The van der Waals surface area contributed by atoms with Crippen molar-refractivity contribution in [2.45, 2.75) is 19.1 Å². The third-order valence-corrected chi connectivity index (χ3v) is 3.08. The number of hydrogen-bond acceptors (Lipinski definition) is 1. The fraction of sp³-hybridized carbons (Fsp3) is 0.455. The van der Waals surface area contributed by atoms with Crippen molar-refractivity contribution in [1.82, 2.24) is 4.90 Å². The molecule has 0 saturated carbocycles. The molecule has 17 heavy (non-hydrogen) atoms. The van der Waals surface area contributed by atoms with Crippen LogP contribution in [0.2, 0.25) is 5.02 Å². The second-order valence-corrected chi connectivity index (χ2v) is 5.16. The van der Waals surface area contributed by atoms with Gasteiger partial charge in [-0.15, -0.1) is 0 Å². The Morgan fingerprint density at radius 2 is 2.00 bits per heavy atom. The minimum absolute atomic E-state index is 0.0319. The first-order valence-corrected chi connectivity index (χ1v) is 6.14. The van der Waals surface area contributed by atoms with Crippen LogP contribution in [0.4, 0.5) is 13.2 Å². The summed E-state index contributed by atoms with van der Waals surface area (Å²) >= 11 is 9.26. The summed E-state index contributed by atoms with van der Waals surface area (Å²) in [6.45, 7) is 0.373. The molecule has 0 aliphatic rings. The SMILES string of the molecule is CN(CCC(F)(F)F)Cc1ccc(Br)cc1Cl. The Morgan fingerprint density at radius 3 is 2.53 bits per heavy atom. The highest BCUT2D eigenvalue weighted by Crippen LogP contribution is 2.23. The Morgan fingerprint density at radius 1 is 1.35 bits per heavy atom. The van der Waals surface area contributed by atoms with Crippen LogP contribution in [-0.2, 0) is 6.54 Å². The van der Waals surface area contributed by atoms with Gasteiger partial charge < -0.3 is 4.90 Å². The van der Waals surface area contributed by atoms with Gasteiger partial charge in [0.15, 0.2) is 0 Å². The van der Waals surface area contributed by atoms with Crippen molar-refractivity contribution in [3.63, 3.8) is 0 Å². The molecule has 1 aromatic rings. The lowest BCUT2D eigenvalue weighted by Gasteiger charge is -2.18. The van der Waals surface area contributed by atoms with Gasteiger partial charge in [-0.1, -0.05) is 33.6 Å². The van der Waals surface area contributed by atoms with Crippen LogP contribution in [0.15, 0.2) is 22.7 Å². The third kappa shape index (κ3) is 5.75. The minimum atomic E-state index is -4.11. The van der Waals surface area contributed by atoms with Crippen molar-refractivity contribution >= 4 is 27.5 Å². The van der Waals surface area contributed by atoms with Gasteiger partial charge in [0, 0.05) is 22.6 Å². The van der Waals surface area contributed by atoms with Gasteiger partial charge in [0.1, 0.15) is 0 Å². The molecule has 0 fully saturated rings. The predicted molar refractivity (Wildman–Crippen MR) is 66.2 cm³/mol. The molecule has 0 aliphatic carbocycles. The Hall–Kier alpha value is -0.260. The summed E-state index contributed by atoms with van der Waals surface area (Å²) in [6, 6.07) is 5.35. The summed E-state index contributed by atoms with van der Waals surface area (Å²) in [6.07, 6.45) is -4.92. The fourth-order valence-corrected chi connectivity index (χ4v) is 2.07. The third-order valence-electron chi connectivity index (χ3n) is 2.23. The quantitative estimate of drug-likeness (QED) is 0.786. The molecule has 0 spiro atoms. The van der Waals surface area contributed by atoms with Crippen LogP contribution >= 0.6 is 27.5 Å². The Balaban J connectivity index is 2.53. The average molecular weight is 331 g/mol. The first kappa shape index (κ1) is 14.8. The highest BCUT2D eigenvalue weighted by atomic mass is 79.9. The van der Waals surface area contributed by atoms with E-state index < -0.39 is 12.6 Å². The summed E-state index contributed by atoms with van der Waals surface area (Å²) < 4.78 is 36.9. The zero-order chi connectivity index (χ0) is 13.1. The van der Waals surface area contributed by atoms with Crippen LogP contribution in [0.3, 0.4) is 0 Å². The number of rotatable bonds is 4. The van der Waals surface area contributed by atoms with Gasteiger partial charge in [0.2, 0.25) is 0 Å². The van der Waals surface area contributed by atoms with Gasteiger partial charge in [-0.3, -0.25) is 0 Å². The Kier molecular flexibility index (Phi) is 5.28. The summed E-state index contributed by atoms with van der Waals surface area (Å²) in [5.74, 6) is 0. The van der Waals surface area contributed by atoms with Gasteiger partial charge >= 0.3 is 6.18 Å². The lowest BCUT2D eigenvalue weighted by molar-refractivity contribution is -0.137. The molecule has 0 amide bonds. The molecule has 96 valence electrons. The maximum atomic E-state index is 12.0. The molecular weight excluding hydrogens is 318 g/mol. The first-order valence-electron chi connectivity index (χ1n) is 4.97. The van der Waals surface area contributed by atoms with Crippen molar-refractivity contribution in [1.29, 1.82) is 0 Å². The van der Waals surface area contributed by atoms with Crippen LogP contribution in [0, 0.1) is 0 Å². The second-order valence-electron chi connectivity index (χ2n) is 3.84. The summed E-state index contributed by atoms with van der Waals surface area (Å²) in [7, 11) is 1.64. The number of nitrogens with zero attached hydrogens (tertiary/aromatic N) is 1. The van der Waals surface area contributed by atoms with E-state index in [9.17, 15) is 13.2 Å². The van der Waals surface area contributed by atoms with Gasteiger partial charge in [-0.05, 0) is 24.7 Å². The lowest BCUT2D eigenvalue weighted by atomic mass is 10.2. The summed E-state index contributed by atoms with van der Waals surface area (Å²) in [4.78, 5) is 1.60. The molecule has 0 heterocycles. The Labute approximate surface area is 112 Å². The molecule has 0 aliphatic heterocycles. The highest BCUT2D eigenvalue weighted by molar-refractivity contribution is 9.10. The zero-order valence-electron chi connectivity index (χ0n) is 9.19. The minimum Gasteiger partial charge on any atom is -0.302 e. The number of hydrogen-bond donors (Lipinski definition) is 0. The zero-order valence-corrected chi connectivity index (χ0v) is 11.5.